The lowest BCUT2D eigenvalue weighted by Gasteiger charge is -2.33. The van der Waals surface area contributed by atoms with Crippen LogP contribution >= 0.6 is 0 Å². The van der Waals surface area contributed by atoms with Crippen LogP contribution in [0.15, 0.2) is 36.7 Å². The molecule has 3 aromatic heterocycles. The lowest BCUT2D eigenvalue weighted by Crippen LogP contribution is -2.44. The first-order valence-corrected chi connectivity index (χ1v) is 14.1. The molecular formula is C30H37N7O2. The van der Waals surface area contributed by atoms with Crippen molar-refractivity contribution < 1.29 is 9.59 Å². The summed E-state index contributed by atoms with van der Waals surface area (Å²) in [4.78, 5) is 36.6. The largest absolute Gasteiger partial charge is 0.354 e. The van der Waals surface area contributed by atoms with Crippen molar-refractivity contribution in [2.75, 3.05) is 32.7 Å². The number of aromatic amines is 2. The second kappa shape index (κ2) is 10.4. The monoisotopic (exact) mass is 527 g/mol. The summed E-state index contributed by atoms with van der Waals surface area (Å²) in [5, 5.41) is 12.4. The molecule has 4 aromatic rings. The molecule has 9 nitrogen and oxygen atoms in total. The molecular weight excluding hydrogens is 490 g/mol. The molecule has 2 aliphatic heterocycles. The maximum atomic E-state index is 13.0. The summed E-state index contributed by atoms with van der Waals surface area (Å²) in [6, 6.07) is 9.05. The second-order valence-electron chi connectivity index (χ2n) is 11.4. The van der Waals surface area contributed by atoms with Gasteiger partial charge in [0.05, 0.1) is 18.4 Å². The number of rotatable bonds is 6. The van der Waals surface area contributed by atoms with Gasteiger partial charge in [0, 0.05) is 67.2 Å². The van der Waals surface area contributed by atoms with Crippen LogP contribution in [0.5, 0.6) is 0 Å². The normalized spacial score (nSPS) is 19.0. The number of carbonyl (C=O) groups is 2. The average Bonchev–Trinajstić information content (AvgIpc) is 3.66. The number of nitrogens with zero attached hydrogens (tertiary/aromatic N) is 4. The Kier molecular flexibility index (Phi) is 6.85. The maximum absolute atomic E-state index is 13.0. The number of pyridine rings is 1. The fourth-order valence-corrected chi connectivity index (χ4v) is 6.50. The van der Waals surface area contributed by atoms with Crippen LogP contribution in [0.2, 0.25) is 0 Å². The van der Waals surface area contributed by atoms with E-state index >= 15 is 0 Å². The van der Waals surface area contributed by atoms with E-state index in [1.165, 1.54) is 16.5 Å². The highest BCUT2D eigenvalue weighted by atomic mass is 16.2. The topological polar surface area (TPSA) is 110 Å². The van der Waals surface area contributed by atoms with Gasteiger partial charge >= 0.3 is 0 Å². The Bertz CT molecular complexity index is 1510. The molecule has 2 fully saturated rings. The molecule has 2 amide bonds. The summed E-state index contributed by atoms with van der Waals surface area (Å²) < 4.78 is 0. The Labute approximate surface area is 228 Å². The number of hydrogen-bond donors (Lipinski definition) is 3. The fourth-order valence-electron chi connectivity index (χ4n) is 6.50. The highest BCUT2D eigenvalue weighted by Gasteiger charge is 2.29. The van der Waals surface area contributed by atoms with Gasteiger partial charge in [0.2, 0.25) is 11.8 Å². The predicted octanol–water partition coefficient (Wildman–Crippen LogP) is 4.15. The Balaban J connectivity index is 1.16. The van der Waals surface area contributed by atoms with E-state index in [1.54, 1.807) is 6.92 Å². The zero-order valence-corrected chi connectivity index (χ0v) is 23.0. The number of benzene rings is 1. The van der Waals surface area contributed by atoms with Crippen molar-refractivity contribution in [3.63, 3.8) is 0 Å². The molecule has 0 radical (unpaired) electrons. The van der Waals surface area contributed by atoms with Crippen LogP contribution < -0.4 is 5.32 Å². The van der Waals surface area contributed by atoms with Crippen LogP contribution in [-0.4, -0.2) is 80.5 Å². The lowest BCUT2D eigenvalue weighted by atomic mass is 9.87. The number of aromatic nitrogens is 4. The molecule has 6 rings (SSSR count). The summed E-state index contributed by atoms with van der Waals surface area (Å²) in [6.07, 6.45) is 6.53. The third kappa shape index (κ3) is 5.03. The Morgan fingerprint density at radius 3 is 2.69 bits per heavy atom. The van der Waals surface area contributed by atoms with Crippen LogP contribution in [-0.2, 0) is 9.59 Å². The minimum atomic E-state index is -0.00237. The Morgan fingerprint density at radius 2 is 1.92 bits per heavy atom. The molecule has 39 heavy (non-hydrogen) atoms. The van der Waals surface area contributed by atoms with Crippen LogP contribution in [0, 0.1) is 0 Å². The van der Waals surface area contributed by atoms with E-state index in [0.29, 0.717) is 18.4 Å². The number of amides is 2. The molecule has 5 heterocycles. The zero-order valence-electron chi connectivity index (χ0n) is 23.0. The first kappa shape index (κ1) is 25.6. The summed E-state index contributed by atoms with van der Waals surface area (Å²) in [5.74, 6) is 0.980. The van der Waals surface area contributed by atoms with Crippen molar-refractivity contribution in [2.24, 2.45) is 0 Å². The number of piperidine rings is 1. The Morgan fingerprint density at radius 1 is 1.10 bits per heavy atom. The Hall–Kier alpha value is -3.72. The second-order valence-corrected chi connectivity index (χ2v) is 11.4. The number of nitrogens with one attached hydrogen (secondary N) is 3. The number of hydrogen-bond acceptors (Lipinski definition) is 5. The summed E-state index contributed by atoms with van der Waals surface area (Å²) in [6.45, 7) is 9.67. The van der Waals surface area contributed by atoms with E-state index in [4.69, 9.17) is 0 Å². The molecule has 204 valence electrons. The van der Waals surface area contributed by atoms with Crippen LogP contribution in [0.3, 0.4) is 0 Å². The molecule has 2 aliphatic rings. The van der Waals surface area contributed by atoms with E-state index in [1.807, 2.05) is 17.3 Å². The van der Waals surface area contributed by atoms with Gasteiger partial charge in [-0.3, -0.25) is 19.6 Å². The first-order valence-electron chi connectivity index (χ1n) is 14.1. The maximum Gasteiger partial charge on any atom is 0.236 e. The van der Waals surface area contributed by atoms with E-state index < -0.39 is 0 Å². The standard InChI is InChI=1S/C30H37N7O2/c1-18(2)28-24-14-21(4-5-26(24)34-29(28)23-6-10-31-30-25(23)15-32-35-30)20-7-12-37(13-8-20)27(39)17-36-11-9-22(16-36)33-19(3)38/h4-6,10,14-15,18,20,22,34H,7-9,11-13,16-17H2,1-3H3,(H,33,38)(H,31,32,35). The van der Waals surface area contributed by atoms with E-state index in [2.05, 4.69) is 68.5 Å². The smallest absolute Gasteiger partial charge is 0.236 e. The van der Waals surface area contributed by atoms with Gasteiger partial charge in [0.25, 0.3) is 0 Å². The van der Waals surface area contributed by atoms with Gasteiger partial charge in [-0.1, -0.05) is 19.9 Å². The van der Waals surface area contributed by atoms with Gasteiger partial charge in [-0.2, -0.15) is 5.10 Å². The number of carbonyl (C=O) groups excluding carboxylic acids is 2. The molecule has 1 unspecified atom stereocenters. The molecule has 2 saturated heterocycles. The first-order chi connectivity index (χ1) is 18.9. The highest BCUT2D eigenvalue weighted by molar-refractivity contribution is 5.98. The molecule has 0 bridgehead atoms. The SMILES string of the molecule is CC(=O)NC1CCN(CC(=O)N2CCC(c3ccc4[nH]c(-c5ccnc6[nH]ncc56)c(C(C)C)c4c3)CC2)C1. The van der Waals surface area contributed by atoms with Gasteiger partial charge in [-0.25, -0.2) is 4.98 Å². The molecule has 3 N–H and O–H groups in total. The minimum absolute atomic E-state index is 0.00237. The van der Waals surface area contributed by atoms with Crippen molar-refractivity contribution in [1.82, 2.24) is 35.3 Å². The predicted molar refractivity (Wildman–Crippen MR) is 152 cm³/mol. The molecule has 0 aliphatic carbocycles. The highest BCUT2D eigenvalue weighted by Crippen LogP contribution is 2.39. The quantitative estimate of drug-likeness (QED) is 0.349. The van der Waals surface area contributed by atoms with Crippen molar-refractivity contribution in [3.05, 3.63) is 47.8 Å². The van der Waals surface area contributed by atoms with Gasteiger partial charge < -0.3 is 15.2 Å². The van der Waals surface area contributed by atoms with Crippen molar-refractivity contribution in [2.45, 2.75) is 57.9 Å². The van der Waals surface area contributed by atoms with Crippen molar-refractivity contribution in [1.29, 1.82) is 0 Å². The van der Waals surface area contributed by atoms with E-state index in [0.717, 1.165) is 73.2 Å². The third-order valence-corrected chi connectivity index (χ3v) is 8.42. The summed E-state index contributed by atoms with van der Waals surface area (Å²) >= 11 is 0. The molecule has 1 atom stereocenters. The van der Waals surface area contributed by atoms with Gasteiger partial charge in [-0.05, 0) is 60.4 Å². The third-order valence-electron chi connectivity index (χ3n) is 8.42. The molecule has 0 saturated carbocycles. The van der Waals surface area contributed by atoms with Crippen LogP contribution in [0.1, 0.15) is 63.0 Å². The molecule has 9 heteroatoms. The van der Waals surface area contributed by atoms with Gasteiger partial charge in [0.1, 0.15) is 0 Å². The average molecular weight is 528 g/mol. The van der Waals surface area contributed by atoms with Gasteiger partial charge in [0.15, 0.2) is 5.65 Å². The van der Waals surface area contributed by atoms with Crippen molar-refractivity contribution in [3.8, 4) is 11.3 Å². The zero-order chi connectivity index (χ0) is 27.1. The van der Waals surface area contributed by atoms with Gasteiger partial charge in [-0.15, -0.1) is 0 Å². The summed E-state index contributed by atoms with van der Waals surface area (Å²) in [7, 11) is 0. The lowest BCUT2D eigenvalue weighted by molar-refractivity contribution is -0.133. The number of likely N-dealkylation sites (tertiary alicyclic amines) is 2. The minimum Gasteiger partial charge on any atom is -0.354 e. The fraction of sp³-hybridized carbons (Fsp3) is 0.467. The summed E-state index contributed by atoms with van der Waals surface area (Å²) in [5.41, 5.74) is 6.85. The van der Waals surface area contributed by atoms with Crippen LogP contribution in [0.25, 0.3) is 33.2 Å². The van der Waals surface area contributed by atoms with E-state index in [9.17, 15) is 9.59 Å². The molecule has 1 aromatic carbocycles. The van der Waals surface area contributed by atoms with Crippen molar-refractivity contribution >= 4 is 33.8 Å². The number of H-pyrrole nitrogens is 2. The van der Waals surface area contributed by atoms with Crippen LogP contribution in [0.4, 0.5) is 0 Å². The molecule has 0 spiro atoms. The van der Waals surface area contributed by atoms with E-state index in [-0.39, 0.29) is 17.9 Å². The number of fused-ring (bicyclic) bond motifs is 2.